The zero-order valence-corrected chi connectivity index (χ0v) is 28.4. The van der Waals surface area contributed by atoms with E-state index in [1.54, 1.807) is 19.1 Å². The van der Waals surface area contributed by atoms with Crippen molar-refractivity contribution >= 4 is 52.6 Å². The van der Waals surface area contributed by atoms with E-state index in [-0.39, 0.29) is 41.9 Å². The molecule has 0 aliphatic carbocycles. The van der Waals surface area contributed by atoms with Crippen LogP contribution in [0, 0.1) is 12.3 Å². The van der Waals surface area contributed by atoms with Crippen LogP contribution in [0.5, 0.6) is 0 Å². The number of aliphatic hydroxyl groups is 3. The summed E-state index contributed by atoms with van der Waals surface area (Å²) in [7, 11) is 0. The van der Waals surface area contributed by atoms with Gasteiger partial charge in [-0.15, -0.1) is 6.42 Å². The van der Waals surface area contributed by atoms with Crippen LogP contribution in [0.4, 0.5) is 27.8 Å². The third-order valence-corrected chi connectivity index (χ3v) is 9.05. The van der Waals surface area contributed by atoms with Crippen molar-refractivity contribution in [2.45, 2.75) is 75.5 Å². The van der Waals surface area contributed by atoms with E-state index < -0.39 is 60.8 Å². The number of aliphatic hydroxyl groups excluding tert-OH is 2. The number of terminal acetylenes is 1. The molecule has 17 nitrogen and oxygen atoms in total. The molecule has 270 valence electrons. The molecule has 4 heterocycles. The average Bonchev–Trinajstić information content (AvgIpc) is 3.52. The van der Waals surface area contributed by atoms with Crippen LogP contribution in [0.3, 0.4) is 0 Å². The SMILES string of the molecule is C#C[C@@]1(O)[C@@H](COC(Cc2ccc(N3CCCN(CCO)C3=O)cc2)(C(=O)O)C(=O)O)O[C@@H](N2c3nc(Cl)nc(NC(C)C)c3NC2C)[C@@H]1O. The number of rotatable bonds is 13. The molecular weight excluding hydrogens is 678 g/mol. The number of fused-ring (bicyclic) bond motifs is 1. The number of nitrogens with zero attached hydrogens (tertiary/aromatic N) is 5. The minimum absolute atomic E-state index is 0.0264. The van der Waals surface area contributed by atoms with Gasteiger partial charge in [0.25, 0.3) is 5.60 Å². The van der Waals surface area contributed by atoms with Crippen LogP contribution in [0.1, 0.15) is 32.8 Å². The number of aromatic nitrogens is 2. The monoisotopic (exact) mass is 717 g/mol. The number of β-amino-alcohol motifs (C(OH)–C–C–N with tert-alkyl or cyclic N) is 1. The van der Waals surface area contributed by atoms with Gasteiger partial charge in [0, 0.05) is 37.8 Å². The Morgan fingerprint density at radius 3 is 2.52 bits per heavy atom. The number of urea groups is 1. The molecule has 2 amide bonds. The van der Waals surface area contributed by atoms with Crippen LogP contribution >= 0.6 is 11.6 Å². The van der Waals surface area contributed by atoms with Gasteiger partial charge in [0.05, 0.1) is 13.2 Å². The Kier molecular flexibility index (Phi) is 10.6. The third kappa shape index (κ3) is 6.70. The van der Waals surface area contributed by atoms with Crippen LogP contribution in [0.15, 0.2) is 24.3 Å². The van der Waals surface area contributed by atoms with Crippen LogP contribution in [0.25, 0.3) is 0 Å². The van der Waals surface area contributed by atoms with Gasteiger partial charge in [-0.2, -0.15) is 9.97 Å². The maximum atomic E-state index is 12.9. The molecule has 2 saturated heterocycles. The molecule has 2 fully saturated rings. The standard InChI is InChI=1S/C32H40ClN7O10/c1-5-31(48)21(50-26(23(31)42)40-18(4)35-22-24(34-17(2)3)36-29(33)37-25(22)40)16-49-32(27(43)44,28(45)46)15-19-7-9-20(10-8-19)39-12-6-11-38(13-14-41)30(39)47/h1,7-10,17-18,21,23,26,35,41-42,48H,6,11-16H2,2-4H3,(H,43,44)(H,45,46)(H,34,36,37)/t18?,21-,23+,26-,31-/m1/s1. The van der Waals surface area contributed by atoms with E-state index in [2.05, 4.69) is 26.5 Å². The van der Waals surface area contributed by atoms with Crippen molar-refractivity contribution < 1.29 is 49.4 Å². The van der Waals surface area contributed by atoms with Gasteiger partial charge in [-0.05, 0) is 56.5 Å². The van der Waals surface area contributed by atoms with Crippen LogP contribution < -0.4 is 20.4 Å². The maximum absolute atomic E-state index is 12.9. The Labute approximate surface area is 292 Å². The van der Waals surface area contributed by atoms with Gasteiger partial charge in [0.2, 0.25) is 5.28 Å². The smallest absolute Gasteiger partial charge is 0.348 e. The summed E-state index contributed by atoms with van der Waals surface area (Å²) in [5.74, 6) is -0.934. The number of amides is 2. The van der Waals surface area contributed by atoms with Crippen LogP contribution in [0.2, 0.25) is 5.28 Å². The molecule has 0 saturated carbocycles. The molecule has 7 N–H and O–H groups in total. The first-order valence-electron chi connectivity index (χ1n) is 16.0. The highest BCUT2D eigenvalue weighted by Crippen LogP contribution is 2.44. The minimum atomic E-state index is -2.87. The summed E-state index contributed by atoms with van der Waals surface area (Å²) in [5, 5.41) is 58.7. The molecular formula is C32H40ClN7O10. The quantitative estimate of drug-likeness (QED) is 0.0862. The van der Waals surface area contributed by atoms with E-state index in [9.17, 15) is 39.9 Å². The minimum Gasteiger partial charge on any atom is -0.479 e. The zero-order chi connectivity index (χ0) is 36.5. The lowest BCUT2D eigenvalue weighted by Gasteiger charge is -2.35. The summed E-state index contributed by atoms with van der Waals surface area (Å²) in [6, 6.07) is 5.76. The van der Waals surface area contributed by atoms with Gasteiger partial charge >= 0.3 is 18.0 Å². The van der Waals surface area contributed by atoms with Gasteiger partial charge in [-0.25, -0.2) is 14.4 Å². The topological polar surface area (TPSA) is 230 Å². The second-order valence-corrected chi connectivity index (χ2v) is 12.9. The summed E-state index contributed by atoms with van der Waals surface area (Å²) in [4.78, 5) is 51.1. The number of carbonyl (C=O) groups is 3. The molecule has 5 rings (SSSR count). The molecule has 18 heteroatoms. The molecule has 0 bridgehead atoms. The van der Waals surface area contributed by atoms with E-state index in [0.29, 0.717) is 36.7 Å². The highest BCUT2D eigenvalue weighted by molar-refractivity contribution is 6.28. The van der Waals surface area contributed by atoms with Crippen molar-refractivity contribution in [3.8, 4) is 12.3 Å². The molecule has 1 aromatic heterocycles. The number of aliphatic carboxylic acids is 2. The lowest BCUT2D eigenvalue weighted by molar-refractivity contribution is -0.190. The number of carbonyl (C=O) groups excluding carboxylic acids is 1. The van der Waals surface area contributed by atoms with Crippen molar-refractivity contribution in [2.75, 3.05) is 53.3 Å². The summed E-state index contributed by atoms with van der Waals surface area (Å²) >= 11 is 6.22. The molecule has 5 atom stereocenters. The second-order valence-electron chi connectivity index (χ2n) is 12.6. The van der Waals surface area contributed by atoms with Crippen molar-refractivity contribution in [3.63, 3.8) is 0 Å². The third-order valence-electron chi connectivity index (χ3n) is 8.88. The largest absolute Gasteiger partial charge is 0.479 e. The fourth-order valence-corrected chi connectivity index (χ4v) is 6.47. The van der Waals surface area contributed by atoms with E-state index in [4.69, 9.17) is 27.5 Å². The summed E-state index contributed by atoms with van der Waals surface area (Å²) < 4.78 is 11.6. The van der Waals surface area contributed by atoms with Gasteiger partial charge in [0.15, 0.2) is 23.5 Å². The first-order valence-corrected chi connectivity index (χ1v) is 16.3. The van der Waals surface area contributed by atoms with Crippen LogP contribution in [-0.2, 0) is 25.5 Å². The van der Waals surface area contributed by atoms with Crippen molar-refractivity contribution in [1.82, 2.24) is 14.9 Å². The first-order chi connectivity index (χ1) is 23.7. The normalized spacial score (nSPS) is 25.0. The number of nitrogens with one attached hydrogen (secondary N) is 2. The highest BCUT2D eigenvalue weighted by Gasteiger charge is 2.60. The van der Waals surface area contributed by atoms with Crippen molar-refractivity contribution in [3.05, 3.63) is 35.1 Å². The Balaban J connectivity index is 1.37. The predicted octanol–water partition coefficient (Wildman–Crippen LogP) is 0.770. The number of carboxylic acid groups (broad SMARTS) is 2. The number of halogens is 1. The Morgan fingerprint density at radius 1 is 1.24 bits per heavy atom. The van der Waals surface area contributed by atoms with E-state index >= 15 is 0 Å². The van der Waals surface area contributed by atoms with Crippen molar-refractivity contribution in [1.29, 1.82) is 0 Å². The van der Waals surface area contributed by atoms with Gasteiger partial charge in [0.1, 0.15) is 24.1 Å². The van der Waals surface area contributed by atoms with Gasteiger partial charge in [-0.1, -0.05) is 18.1 Å². The number of ether oxygens (including phenoxy) is 2. The van der Waals surface area contributed by atoms with E-state index in [0.717, 1.165) is 0 Å². The molecule has 3 aliphatic rings. The lowest BCUT2D eigenvalue weighted by Crippen LogP contribution is -2.55. The molecule has 1 unspecified atom stereocenters. The second kappa shape index (κ2) is 14.4. The Hall–Kier alpha value is -4.44. The molecule has 50 heavy (non-hydrogen) atoms. The maximum Gasteiger partial charge on any atom is 0.348 e. The van der Waals surface area contributed by atoms with E-state index in [1.807, 2.05) is 13.8 Å². The van der Waals surface area contributed by atoms with Crippen molar-refractivity contribution in [2.24, 2.45) is 0 Å². The Morgan fingerprint density at radius 2 is 1.92 bits per heavy atom. The predicted molar refractivity (Wildman–Crippen MR) is 180 cm³/mol. The number of benzene rings is 1. The fraction of sp³-hybridized carbons (Fsp3) is 0.531. The number of hydrogen-bond acceptors (Lipinski definition) is 13. The fourth-order valence-electron chi connectivity index (χ4n) is 6.31. The Bertz CT molecular complexity index is 1640. The van der Waals surface area contributed by atoms with Gasteiger partial charge < -0.3 is 55.4 Å². The highest BCUT2D eigenvalue weighted by atomic mass is 35.5. The summed E-state index contributed by atoms with van der Waals surface area (Å²) in [6.07, 6.45) is 0.334. The lowest BCUT2D eigenvalue weighted by atomic mass is 9.91. The summed E-state index contributed by atoms with van der Waals surface area (Å²) in [6.45, 7) is 5.60. The molecule has 3 aliphatic heterocycles. The van der Waals surface area contributed by atoms with Crippen LogP contribution in [-0.4, -0.2) is 133 Å². The molecule has 0 spiro atoms. The molecule has 2 aromatic rings. The van der Waals surface area contributed by atoms with E-state index in [1.165, 1.54) is 26.8 Å². The summed E-state index contributed by atoms with van der Waals surface area (Å²) in [5.41, 5.74) is -4.11. The van der Waals surface area contributed by atoms with Gasteiger partial charge in [-0.3, -0.25) is 4.90 Å². The molecule has 0 radical (unpaired) electrons. The zero-order valence-electron chi connectivity index (χ0n) is 27.6. The number of anilines is 4. The number of carboxylic acids is 2. The molecule has 1 aromatic carbocycles. The average molecular weight is 718 g/mol. The first kappa shape index (κ1) is 36.8. The number of hydrogen-bond donors (Lipinski definition) is 7.